The van der Waals surface area contributed by atoms with Gasteiger partial charge in [0.15, 0.2) is 0 Å². The molecule has 0 saturated heterocycles. The first-order valence-electron chi connectivity index (χ1n) is 7.40. The van der Waals surface area contributed by atoms with Crippen LogP contribution in [0.1, 0.15) is 62.4 Å². The van der Waals surface area contributed by atoms with Crippen molar-refractivity contribution in [1.29, 1.82) is 0 Å². The molecule has 112 valence electrons. The van der Waals surface area contributed by atoms with Crippen LogP contribution in [-0.2, 0) is 0 Å². The van der Waals surface area contributed by atoms with E-state index in [-0.39, 0.29) is 11.3 Å². The fraction of sp³-hybridized carbons (Fsp3) is 0.588. The lowest BCUT2D eigenvalue weighted by molar-refractivity contribution is 0.0934. The van der Waals surface area contributed by atoms with Crippen LogP contribution in [0.2, 0.25) is 0 Å². The zero-order valence-electron chi connectivity index (χ0n) is 13.1. The highest BCUT2D eigenvalue weighted by molar-refractivity contribution is 9.10. The van der Waals surface area contributed by atoms with Crippen LogP contribution >= 0.6 is 15.9 Å². The summed E-state index contributed by atoms with van der Waals surface area (Å²) in [6, 6.07) is 5.72. The summed E-state index contributed by atoms with van der Waals surface area (Å²) in [5.41, 5.74) is 2.01. The van der Waals surface area contributed by atoms with Crippen LogP contribution in [0.25, 0.3) is 0 Å². The number of amides is 1. The molecule has 1 amide bonds. The quantitative estimate of drug-likeness (QED) is 0.688. The minimum absolute atomic E-state index is 0.00858. The van der Waals surface area contributed by atoms with Gasteiger partial charge in [-0.25, -0.2) is 0 Å². The van der Waals surface area contributed by atoms with E-state index in [9.17, 15) is 4.79 Å². The maximum Gasteiger partial charge on any atom is 0.251 e. The summed E-state index contributed by atoms with van der Waals surface area (Å²) >= 11 is 3.47. The number of aryl methyl sites for hydroxylation is 1. The van der Waals surface area contributed by atoms with E-state index < -0.39 is 0 Å². The third-order valence-electron chi connectivity index (χ3n) is 3.62. The van der Waals surface area contributed by atoms with Crippen LogP contribution in [0, 0.1) is 12.3 Å². The van der Waals surface area contributed by atoms with Crippen molar-refractivity contribution in [2.24, 2.45) is 5.41 Å². The fourth-order valence-electron chi connectivity index (χ4n) is 2.10. The molecule has 0 radical (unpaired) electrons. The lowest BCUT2D eigenvalue weighted by Gasteiger charge is -2.25. The van der Waals surface area contributed by atoms with Crippen LogP contribution in [-0.4, -0.2) is 12.5 Å². The maximum absolute atomic E-state index is 12.2. The van der Waals surface area contributed by atoms with Crippen LogP contribution < -0.4 is 5.32 Å². The Morgan fingerprint density at radius 2 is 2.00 bits per heavy atom. The standard InChI is InChI=1S/C17H26BrNO/c1-5-6-7-10-17(3,4)12-19-16(20)14-9-8-13(2)15(18)11-14/h8-9,11H,5-7,10,12H2,1-4H3,(H,19,20). The molecule has 1 N–H and O–H groups in total. The van der Waals surface area contributed by atoms with E-state index in [1.165, 1.54) is 19.3 Å². The number of hydrogen-bond donors (Lipinski definition) is 1. The number of benzene rings is 1. The zero-order chi connectivity index (χ0) is 15.2. The molecule has 0 aliphatic heterocycles. The number of unbranched alkanes of at least 4 members (excludes halogenated alkanes) is 2. The van der Waals surface area contributed by atoms with Crippen LogP contribution in [0.3, 0.4) is 0 Å². The molecule has 20 heavy (non-hydrogen) atoms. The summed E-state index contributed by atoms with van der Waals surface area (Å²) in [7, 11) is 0. The van der Waals surface area contributed by atoms with Crippen LogP contribution in [0.4, 0.5) is 0 Å². The molecule has 0 heterocycles. The summed E-state index contributed by atoms with van der Waals surface area (Å²) in [4.78, 5) is 12.2. The molecule has 1 aromatic rings. The second kappa shape index (κ2) is 7.82. The number of carbonyl (C=O) groups is 1. The predicted octanol–water partition coefficient (Wildman–Crippen LogP) is 5.09. The molecule has 0 saturated carbocycles. The molecular formula is C17H26BrNO. The van der Waals surface area contributed by atoms with E-state index in [1.807, 2.05) is 25.1 Å². The average molecular weight is 340 g/mol. The van der Waals surface area contributed by atoms with Crippen LogP contribution in [0.15, 0.2) is 22.7 Å². The van der Waals surface area contributed by atoms with E-state index in [0.29, 0.717) is 5.56 Å². The van der Waals surface area contributed by atoms with E-state index >= 15 is 0 Å². The first kappa shape index (κ1) is 17.2. The topological polar surface area (TPSA) is 29.1 Å². The fourth-order valence-corrected chi connectivity index (χ4v) is 2.48. The van der Waals surface area contributed by atoms with Crippen molar-refractivity contribution >= 4 is 21.8 Å². The van der Waals surface area contributed by atoms with Gasteiger partial charge in [0, 0.05) is 16.6 Å². The van der Waals surface area contributed by atoms with Gasteiger partial charge in [-0.1, -0.05) is 62.0 Å². The highest BCUT2D eigenvalue weighted by Gasteiger charge is 2.18. The Morgan fingerprint density at radius 3 is 2.60 bits per heavy atom. The SMILES string of the molecule is CCCCCC(C)(C)CNC(=O)c1ccc(C)c(Br)c1. The van der Waals surface area contributed by atoms with E-state index in [1.54, 1.807) is 0 Å². The van der Waals surface area contributed by atoms with Crippen LogP contribution in [0.5, 0.6) is 0 Å². The molecule has 3 heteroatoms. The van der Waals surface area contributed by atoms with Crippen molar-refractivity contribution in [2.45, 2.75) is 53.4 Å². The van der Waals surface area contributed by atoms with E-state index in [2.05, 4.69) is 42.0 Å². The lowest BCUT2D eigenvalue weighted by Crippen LogP contribution is -2.34. The van der Waals surface area contributed by atoms with Gasteiger partial charge in [0.05, 0.1) is 0 Å². The molecular weight excluding hydrogens is 314 g/mol. The number of halogens is 1. The number of nitrogens with one attached hydrogen (secondary N) is 1. The Labute approximate surface area is 131 Å². The summed E-state index contributed by atoms with van der Waals surface area (Å²) in [6.45, 7) is 9.38. The van der Waals surface area contributed by atoms with Crippen molar-refractivity contribution in [3.8, 4) is 0 Å². The number of rotatable bonds is 7. The molecule has 0 bridgehead atoms. The Morgan fingerprint density at radius 1 is 1.30 bits per heavy atom. The monoisotopic (exact) mass is 339 g/mol. The van der Waals surface area contributed by atoms with Gasteiger partial charge >= 0.3 is 0 Å². The van der Waals surface area contributed by atoms with Gasteiger partial charge in [-0.15, -0.1) is 0 Å². The second-order valence-corrected chi connectivity index (χ2v) is 7.12. The molecule has 0 fully saturated rings. The zero-order valence-corrected chi connectivity index (χ0v) is 14.6. The Kier molecular flexibility index (Phi) is 6.74. The second-order valence-electron chi connectivity index (χ2n) is 6.27. The predicted molar refractivity (Wildman–Crippen MR) is 89.1 cm³/mol. The highest BCUT2D eigenvalue weighted by atomic mass is 79.9. The molecule has 0 aliphatic carbocycles. The average Bonchev–Trinajstić information content (AvgIpc) is 2.39. The third kappa shape index (κ3) is 5.66. The van der Waals surface area contributed by atoms with Crippen molar-refractivity contribution < 1.29 is 4.79 Å². The van der Waals surface area contributed by atoms with Gasteiger partial charge in [0.2, 0.25) is 0 Å². The van der Waals surface area contributed by atoms with Gasteiger partial charge in [0.25, 0.3) is 5.91 Å². The molecule has 1 aromatic carbocycles. The summed E-state index contributed by atoms with van der Waals surface area (Å²) in [5, 5.41) is 3.05. The van der Waals surface area contributed by atoms with Crippen molar-refractivity contribution in [3.63, 3.8) is 0 Å². The van der Waals surface area contributed by atoms with Crippen molar-refractivity contribution in [1.82, 2.24) is 5.32 Å². The largest absolute Gasteiger partial charge is 0.352 e. The normalized spacial score (nSPS) is 11.4. The summed E-state index contributed by atoms with van der Waals surface area (Å²) in [5.74, 6) is 0.00858. The van der Waals surface area contributed by atoms with Crippen molar-refractivity contribution in [3.05, 3.63) is 33.8 Å². The highest BCUT2D eigenvalue weighted by Crippen LogP contribution is 2.23. The Hall–Kier alpha value is -0.830. The Bertz CT molecular complexity index is 454. The molecule has 0 unspecified atom stereocenters. The van der Waals surface area contributed by atoms with Gasteiger partial charge in [0.1, 0.15) is 0 Å². The molecule has 1 rings (SSSR count). The lowest BCUT2D eigenvalue weighted by atomic mass is 9.87. The third-order valence-corrected chi connectivity index (χ3v) is 4.47. The summed E-state index contributed by atoms with van der Waals surface area (Å²) in [6.07, 6.45) is 4.89. The maximum atomic E-state index is 12.2. The molecule has 2 nitrogen and oxygen atoms in total. The summed E-state index contributed by atoms with van der Waals surface area (Å²) < 4.78 is 0.979. The minimum atomic E-state index is 0.00858. The minimum Gasteiger partial charge on any atom is -0.352 e. The van der Waals surface area contributed by atoms with E-state index in [4.69, 9.17) is 0 Å². The van der Waals surface area contributed by atoms with Gasteiger partial charge in [-0.05, 0) is 36.5 Å². The Balaban J connectivity index is 2.51. The molecule has 0 aromatic heterocycles. The van der Waals surface area contributed by atoms with Crippen molar-refractivity contribution in [2.75, 3.05) is 6.54 Å². The molecule has 0 atom stereocenters. The van der Waals surface area contributed by atoms with Gasteiger partial charge in [-0.3, -0.25) is 4.79 Å². The van der Waals surface area contributed by atoms with Gasteiger partial charge < -0.3 is 5.32 Å². The smallest absolute Gasteiger partial charge is 0.251 e. The first-order chi connectivity index (χ1) is 9.35. The van der Waals surface area contributed by atoms with Gasteiger partial charge in [-0.2, -0.15) is 0 Å². The number of carbonyl (C=O) groups excluding carboxylic acids is 1. The van der Waals surface area contributed by atoms with E-state index in [0.717, 1.165) is 23.0 Å². The molecule has 0 aliphatic rings. The molecule has 0 spiro atoms. The first-order valence-corrected chi connectivity index (χ1v) is 8.19. The number of hydrogen-bond acceptors (Lipinski definition) is 1.